The number of rotatable bonds is 6. The first-order valence-corrected chi connectivity index (χ1v) is 10.1. The van der Waals surface area contributed by atoms with E-state index in [4.69, 9.17) is 0 Å². The lowest BCUT2D eigenvalue weighted by Gasteiger charge is -2.24. The summed E-state index contributed by atoms with van der Waals surface area (Å²) >= 11 is 0. The molecule has 0 bridgehead atoms. The van der Waals surface area contributed by atoms with Crippen molar-refractivity contribution in [2.75, 3.05) is 13.6 Å². The minimum atomic E-state index is 0. The number of hydrogen-bond donors (Lipinski definition) is 0. The monoisotopic (exact) mass is 377 g/mol. The van der Waals surface area contributed by atoms with Gasteiger partial charge < -0.3 is 9.47 Å². The van der Waals surface area contributed by atoms with E-state index in [-0.39, 0.29) is 12.4 Å². The van der Waals surface area contributed by atoms with Crippen molar-refractivity contribution in [2.24, 2.45) is 0 Å². The highest BCUT2D eigenvalue weighted by atomic mass is 35.5. The van der Waals surface area contributed by atoms with Crippen LogP contribution in [0.2, 0.25) is 0 Å². The summed E-state index contributed by atoms with van der Waals surface area (Å²) in [5, 5.41) is 4.66. The molecule has 0 amide bonds. The Hall–Kier alpha value is -1.33. The zero-order valence-corrected chi connectivity index (χ0v) is 16.7. The molecule has 6 heteroatoms. The third-order valence-electron chi connectivity index (χ3n) is 6.20. The molecule has 4 rings (SSSR count). The molecule has 2 aliphatic rings. The predicted octanol–water partition coefficient (Wildman–Crippen LogP) is 4.55. The molecule has 0 spiro atoms. The number of imidazole rings is 1. The van der Waals surface area contributed by atoms with Crippen LogP contribution in [0, 0.1) is 0 Å². The van der Waals surface area contributed by atoms with Crippen molar-refractivity contribution in [3.8, 4) is 11.3 Å². The van der Waals surface area contributed by atoms with Gasteiger partial charge in [0.05, 0.1) is 30.5 Å². The third-order valence-corrected chi connectivity index (χ3v) is 6.20. The Labute approximate surface area is 163 Å². The summed E-state index contributed by atoms with van der Waals surface area (Å²) in [6.07, 6.45) is 20.3. The molecule has 0 saturated heterocycles. The molecular formula is C20H32ClN5. The van der Waals surface area contributed by atoms with Crippen molar-refractivity contribution in [2.45, 2.75) is 76.4 Å². The summed E-state index contributed by atoms with van der Waals surface area (Å²) < 4.78 is 4.48. The van der Waals surface area contributed by atoms with E-state index in [2.05, 4.69) is 37.5 Å². The van der Waals surface area contributed by atoms with Crippen LogP contribution < -0.4 is 0 Å². The van der Waals surface area contributed by atoms with Crippen molar-refractivity contribution in [3.05, 3.63) is 24.9 Å². The first-order chi connectivity index (χ1) is 12.3. The van der Waals surface area contributed by atoms with Crippen LogP contribution in [0.15, 0.2) is 24.9 Å². The minimum Gasteiger partial charge on any atom is -0.329 e. The maximum atomic E-state index is 4.66. The molecular weight excluding hydrogens is 346 g/mol. The molecule has 2 aliphatic carbocycles. The van der Waals surface area contributed by atoms with Crippen LogP contribution in [-0.2, 0) is 6.54 Å². The van der Waals surface area contributed by atoms with E-state index in [0.717, 1.165) is 19.1 Å². The molecule has 0 N–H and O–H groups in total. The van der Waals surface area contributed by atoms with Gasteiger partial charge in [0.25, 0.3) is 0 Å². The van der Waals surface area contributed by atoms with E-state index >= 15 is 0 Å². The largest absolute Gasteiger partial charge is 0.329 e. The minimum absolute atomic E-state index is 0. The van der Waals surface area contributed by atoms with Crippen LogP contribution >= 0.6 is 12.4 Å². The Morgan fingerprint density at radius 3 is 2.54 bits per heavy atom. The SMILES string of the molecule is CN(CCn1cncc1-c1cnn(C2CCCCC2)c1)C1CCCC1.Cl. The van der Waals surface area contributed by atoms with Gasteiger partial charge in [-0.3, -0.25) is 4.68 Å². The fraction of sp³-hybridized carbons (Fsp3) is 0.700. The van der Waals surface area contributed by atoms with Crippen molar-refractivity contribution < 1.29 is 0 Å². The van der Waals surface area contributed by atoms with Crippen LogP contribution in [0.1, 0.15) is 63.8 Å². The molecule has 5 nitrogen and oxygen atoms in total. The first-order valence-electron chi connectivity index (χ1n) is 10.1. The van der Waals surface area contributed by atoms with Gasteiger partial charge in [-0.25, -0.2) is 4.98 Å². The van der Waals surface area contributed by atoms with Gasteiger partial charge in [0.2, 0.25) is 0 Å². The molecule has 2 heterocycles. The maximum Gasteiger partial charge on any atom is 0.0951 e. The van der Waals surface area contributed by atoms with Crippen LogP contribution in [0.4, 0.5) is 0 Å². The summed E-state index contributed by atoms with van der Waals surface area (Å²) in [5.74, 6) is 0. The van der Waals surface area contributed by atoms with Crippen molar-refractivity contribution in [1.29, 1.82) is 0 Å². The maximum absolute atomic E-state index is 4.66. The molecule has 2 aromatic rings. The van der Waals surface area contributed by atoms with Gasteiger partial charge in [-0.15, -0.1) is 12.4 Å². The van der Waals surface area contributed by atoms with Gasteiger partial charge in [0.15, 0.2) is 0 Å². The molecule has 0 aromatic carbocycles. The van der Waals surface area contributed by atoms with Gasteiger partial charge in [-0.2, -0.15) is 5.10 Å². The molecule has 144 valence electrons. The molecule has 26 heavy (non-hydrogen) atoms. The van der Waals surface area contributed by atoms with Gasteiger partial charge in [-0.05, 0) is 32.7 Å². The van der Waals surface area contributed by atoms with E-state index in [9.17, 15) is 0 Å². The highest BCUT2D eigenvalue weighted by molar-refractivity contribution is 5.85. The predicted molar refractivity (Wildman–Crippen MR) is 108 cm³/mol. The highest BCUT2D eigenvalue weighted by Gasteiger charge is 2.20. The molecule has 0 unspecified atom stereocenters. The standard InChI is InChI=1S/C20H31N5.ClH/c1-23(18-7-5-6-8-18)11-12-24-16-21-14-20(24)17-13-22-25(15-17)19-9-3-2-4-10-19;/h13-16,18-19H,2-12H2,1H3;1H. The van der Waals surface area contributed by atoms with Gasteiger partial charge in [0, 0.05) is 30.9 Å². The molecule has 2 aromatic heterocycles. The number of nitrogens with zero attached hydrogens (tertiary/aromatic N) is 5. The van der Waals surface area contributed by atoms with Crippen molar-refractivity contribution in [3.63, 3.8) is 0 Å². The fourth-order valence-electron chi connectivity index (χ4n) is 4.55. The van der Waals surface area contributed by atoms with Crippen LogP contribution in [-0.4, -0.2) is 43.9 Å². The third kappa shape index (κ3) is 4.32. The summed E-state index contributed by atoms with van der Waals surface area (Å²) in [4.78, 5) is 6.93. The van der Waals surface area contributed by atoms with E-state index in [1.807, 2.05) is 18.7 Å². The van der Waals surface area contributed by atoms with Crippen molar-refractivity contribution in [1.82, 2.24) is 24.2 Å². The number of aromatic nitrogens is 4. The van der Waals surface area contributed by atoms with Gasteiger partial charge in [-0.1, -0.05) is 32.1 Å². The lowest BCUT2D eigenvalue weighted by atomic mass is 9.96. The fourth-order valence-corrected chi connectivity index (χ4v) is 4.55. The normalized spacial score (nSPS) is 19.2. The second-order valence-corrected chi connectivity index (χ2v) is 7.89. The van der Waals surface area contributed by atoms with Gasteiger partial charge in [0.1, 0.15) is 0 Å². The zero-order chi connectivity index (χ0) is 17.1. The Bertz CT molecular complexity index is 667. The molecule has 0 radical (unpaired) electrons. The second-order valence-electron chi connectivity index (χ2n) is 7.89. The van der Waals surface area contributed by atoms with E-state index in [1.54, 1.807) is 0 Å². The van der Waals surface area contributed by atoms with Crippen LogP contribution in [0.25, 0.3) is 11.3 Å². The molecule has 2 saturated carbocycles. The highest BCUT2D eigenvalue weighted by Crippen LogP contribution is 2.29. The molecule has 0 atom stereocenters. The summed E-state index contributed by atoms with van der Waals surface area (Å²) in [5.41, 5.74) is 2.40. The average Bonchev–Trinajstić information content (AvgIpc) is 3.41. The average molecular weight is 378 g/mol. The number of hydrogen-bond acceptors (Lipinski definition) is 3. The summed E-state index contributed by atoms with van der Waals surface area (Å²) in [6.45, 7) is 2.09. The Morgan fingerprint density at radius 2 is 1.77 bits per heavy atom. The van der Waals surface area contributed by atoms with Crippen LogP contribution in [0.5, 0.6) is 0 Å². The topological polar surface area (TPSA) is 38.9 Å². The van der Waals surface area contributed by atoms with Gasteiger partial charge >= 0.3 is 0 Å². The Kier molecular flexibility index (Phi) is 6.76. The Balaban J connectivity index is 0.00000196. The van der Waals surface area contributed by atoms with E-state index < -0.39 is 0 Å². The first kappa shape index (κ1) is 19.4. The van der Waals surface area contributed by atoms with E-state index in [0.29, 0.717) is 6.04 Å². The molecule has 0 aliphatic heterocycles. The summed E-state index contributed by atoms with van der Waals surface area (Å²) in [7, 11) is 2.27. The zero-order valence-electron chi connectivity index (χ0n) is 15.9. The lowest BCUT2D eigenvalue weighted by molar-refractivity contribution is 0.237. The molecule has 2 fully saturated rings. The number of halogens is 1. The van der Waals surface area contributed by atoms with Crippen molar-refractivity contribution >= 4 is 12.4 Å². The smallest absolute Gasteiger partial charge is 0.0951 e. The number of likely N-dealkylation sites (N-methyl/N-ethyl adjacent to an activating group) is 1. The van der Waals surface area contributed by atoms with E-state index in [1.165, 1.54) is 69.0 Å². The van der Waals surface area contributed by atoms with Crippen LogP contribution in [0.3, 0.4) is 0 Å². The quantitative estimate of drug-likeness (QED) is 0.741. The second kappa shape index (κ2) is 9.05. The summed E-state index contributed by atoms with van der Waals surface area (Å²) in [6, 6.07) is 1.37. The lowest BCUT2D eigenvalue weighted by Crippen LogP contribution is -2.32. The Morgan fingerprint density at radius 1 is 1.04 bits per heavy atom.